The Balaban J connectivity index is 0.949. The first-order chi connectivity index (χ1) is 32.9. The smallest absolute Gasteiger partial charge is 0.137 e. The van der Waals surface area contributed by atoms with Crippen LogP contribution < -0.4 is 14.5 Å². The van der Waals surface area contributed by atoms with E-state index in [0.717, 1.165) is 61.8 Å². The fraction of sp³-hybridized carbons (Fsp3) is 0.159. The number of anilines is 4. The lowest BCUT2D eigenvalue weighted by molar-refractivity contribution is 0.483. The summed E-state index contributed by atoms with van der Waals surface area (Å²) in [5.41, 5.74) is 17.6. The molecule has 0 fully saturated rings. The predicted molar refractivity (Wildman–Crippen MR) is 286 cm³/mol. The van der Waals surface area contributed by atoms with Crippen LogP contribution in [0.15, 0.2) is 200 Å². The molecule has 0 bridgehead atoms. The minimum Gasteiger partial charge on any atom is -0.457 e. The molecule has 0 atom stereocenters. The molecule has 0 spiro atoms. The highest BCUT2D eigenvalue weighted by Gasteiger charge is 2.33. The second-order valence-corrected chi connectivity index (χ2v) is 20.2. The van der Waals surface area contributed by atoms with Gasteiger partial charge in [0.25, 0.3) is 0 Å². The van der Waals surface area contributed by atoms with Gasteiger partial charge in [-0.1, -0.05) is 169 Å². The summed E-state index contributed by atoms with van der Waals surface area (Å²) >= 11 is 0. The van der Waals surface area contributed by atoms with Crippen LogP contribution in [0.5, 0.6) is 11.5 Å². The molecule has 0 amide bonds. The number of hydrogen-bond acceptors (Lipinski definition) is 4. The van der Waals surface area contributed by atoms with Crippen LogP contribution in [0.25, 0.3) is 61.0 Å². The highest BCUT2D eigenvalue weighted by molar-refractivity contribution is 6.09. The molecule has 11 rings (SSSR count). The van der Waals surface area contributed by atoms with Crippen molar-refractivity contribution in [2.24, 2.45) is 0 Å². The van der Waals surface area contributed by atoms with Crippen molar-refractivity contribution in [1.29, 1.82) is 0 Å². The maximum atomic E-state index is 6.84. The largest absolute Gasteiger partial charge is 0.457 e. The Hall–Kier alpha value is -7.89. The van der Waals surface area contributed by atoms with E-state index in [1.54, 1.807) is 0 Å². The molecule has 10 aromatic rings. The number of fused-ring (bicyclic) bond motifs is 4. The van der Waals surface area contributed by atoms with Gasteiger partial charge in [0.2, 0.25) is 0 Å². The monoisotopic (exact) mass is 884 g/mol. The zero-order valence-corrected chi connectivity index (χ0v) is 40.0. The standard InChI is InChI=1S/C63H56N4O/c1-42-34-60(64-40-56(42)46-30-28-44(29-31-46)43-18-10-8-11-19-43)67-57-26-15-14-24-54(57)55-33-32-52(39-59(55)67)68-51-23-16-22-49(38-51)65-41-66(50-36-47(62(2,3)4)35-48(37-50)63(5,6)7)61-53(25-17-27-58(61)65)45-20-12-9-13-21-45/h8-40H,41H2,1-7H3. The highest BCUT2D eigenvalue weighted by Crippen LogP contribution is 2.51. The van der Waals surface area contributed by atoms with Gasteiger partial charge in [-0.2, -0.15) is 0 Å². The van der Waals surface area contributed by atoms with Crippen LogP contribution in [0.3, 0.4) is 0 Å². The molecule has 0 saturated heterocycles. The molecule has 5 nitrogen and oxygen atoms in total. The highest BCUT2D eigenvalue weighted by atomic mass is 16.5. The fourth-order valence-corrected chi connectivity index (χ4v) is 9.79. The normalized spacial score (nSPS) is 12.8. The molecule has 8 aromatic carbocycles. The third-order valence-corrected chi connectivity index (χ3v) is 13.5. The summed E-state index contributed by atoms with van der Waals surface area (Å²) in [5.74, 6) is 2.39. The first-order valence-corrected chi connectivity index (χ1v) is 23.7. The molecule has 1 aliphatic heterocycles. The predicted octanol–water partition coefficient (Wildman–Crippen LogP) is 17.1. The first-order valence-electron chi connectivity index (χ1n) is 23.7. The number of para-hydroxylation sites is 2. The maximum Gasteiger partial charge on any atom is 0.137 e. The minimum atomic E-state index is -0.0170. The van der Waals surface area contributed by atoms with Gasteiger partial charge in [0.05, 0.1) is 22.4 Å². The molecule has 68 heavy (non-hydrogen) atoms. The third-order valence-electron chi connectivity index (χ3n) is 13.5. The summed E-state index contributed by atoms with van der Waals surface area (Å²) in [6.45, 7) is 16.7. The Bertz CT molecular complexity index is 3450. The lowest BCUT2D eigenvalue weighted by Crippen LogP contribution is -2.25. The lowest BCUT2D eigenvalue weighted by atomic mass is 9.80. The van der Waals surface area contributed by atoms with Crippen molar-refractivity contribution in [3.63, 3.8) is 0 Å². The zero-order valence-electron chi connectivity index (χ0n) is 40.0. The Morgan fingerprint density at radius 2 is 1.06 bits per heavy atom. The summed E-state index contributed by atoms with van der Waals surface area (Å²) in [5, 5.41) is 2.32. The molecule has 5 heteroatoms. The van der Waals surface area contributed by atoms with E-state index in [4.69, 9.17) is 9.72 Å². The van der Waals surface area contributed by atoms with Gasteiger partial charge < -0.3 is 14.5 Å². The van der Waals surface area contributed by atoms with Crippen LogP contribution in [0.1, 0.15) is 58.2 Å². The number of benzene rings is 8. The van der Waals surface area contributed by atoms with Gasteiger partial charge in [-0.05, 0) is 111 Å². The SMILES string of the molecule is Cc1cc(-n2c3ccccc3c3ccc(Oc4cccc(N5CN(c6cc(C(C)(C)C)cc(C(C)(C)C)c6)c6c(-c7ccccc7)cccc65)c4)cc32)ncc1-c1ccc(-c2ccccc2)cc1. The zero-order chi connectivity index (χ0) is 46.7. The van der Waals surface area contributed by atoms with Gasteiger partial charge in [-0.25, -0.2) is 4.98 Å². The quantitative estimate of drug-likeness (QED) is 0.152. The van der Waals surface area contributed by atoms with E-state index in [2.05, 4.69) is 257 Å². The summed E-state index contributed by atoms with van der Waals surface area (Å²) in [7, 11) is 0. The van der Waals surface area contributed by atoms with Gasteiger partial charge in [-0.3, -0.25) is 4.57 Å². The van der Waals surface area contributed by atoms with Crippen molar-refractivity contribution in [1.82, 2.24) is 9.55 Å². The van der Waals surface area contributed by atoms with Crippen LogP contribution in [-0.4, -0.2) is 16.2 Å². The molecular weight excluding hydrogens is 829 g/mol. The van der Waals surface area contributed by atoms with Crippen molar-refractivity contribution in [3.05, 3.63) is 217 Å². The molecule has 0 N–H and O–H groups in total. The number of pyridine rings is 1. The molecule has 1 aliphatic rings. The Morgan fingerprint density at radius 1 is 0.456 bits per heavy atom. The Kier molecular flexibility index (Phi) is 10.5. The van der Waals surface area contributed by atoms with Gasteiger partial charge in [0.15, 0.2) is 0 Å². The molecule has 334 valence electrons. The Labute approximate surface area is 400 Å². The molecule has 3 heterocycles. The first kappa shape index (κ1) is 42.7. The van der Waals surface area contributed by atoms with Crippen LogP contribution in [0.4, 0.5) is 22.7 Å². The molecule has 0 radical (unpaired) electrons. The van der Waals surface area contributed by atoms with Crippen LogP contribution in [0, 0.1) is 6.92 Å². The number of hydrogen-bond donors (Lipinski definition) is 0. The van der Waals surface area contributed by atoms with E-state index in [1.807, 2.05) is 6.20 Å². The van der Waals surface area contributed by atoms with E-state index in [-0.39, 0.29) is 10.8 Å². The molecule has 0 saturated carbocycles. The van der Waals surface area contributed by atoms with Crippen LogP contribution >= 0.6 is 0 Å². The average Bonchev–Trinajstić information content (AvgIpc) is 3.90. The van der Waals surface area contributed by atoms with Gasteiger partial charge in [0.1, 0.15) is 24.0 Å². The van der Waals surface area contributed by atoms with Gasteiger partial charge >= 0.3 is 0 Å². The van der Waals surface area contributed by atoms with Crippen LogP contribution in [0.2, 0.25) is 0 Å². The van der Waals surface area contributed by atoms with Crippen molar-refractivity contribution in [2.45, 2.75) is 59.3 Å². The van der Waals surface area contributed by atoms with Crippen molar-refractivity contribution < 1.29 is 4.74 Å². The maximum absolute atomic E-state index is 6.84. The number of ether oxygens (including phenoxy) is 1. The second-order valence-electron chi connectivity index (χ2n) is 20.2. The Morgan fingerprint density at radius 3 is 1.76 bits per heavy atom. The summed E-state index contributed by atoms with van der Waals surface area (Å²) < 4.78 is 9.11. The number of aromatic nitrogens is 2. The third kappa shape index (κ3) is 7.88. The average molecular weight is 885 g/mol. The van der Waals surface area contributed by atoms with Crippen LogP contribution in [-0.2, 0) is 10.8 Å². The van der Waals surface area contributed by atoms with Gasteiger partial charge in [0, 0.05) is 51.6 Å². The fourth-order valence-electron chi connectivity index (χ4n) is 9.79. The lowest BCUT2D eigenvalue weighted by Gasteiger charge is -2.30. The number of aryl methyl sites for hydroxylation is 1. The summed E-state index contributed by atoms with van der Waals surface area (Å²) in [4.78, 5) is 10.1. The van der Waals surface area contributed by atoms with E-state index >= 15 is 0 Å². The molecular formula is C63H56N4O. The summed E-state index contributed by atoms with van der Waals surface area (Å²) in [6, 6.07) is 69.7. The van der Waals surface area contributed by atoms with E-state index in [9.17, 15) is 0 Å². The molecule has 2 aromatic heterocycles. The molecule has 0 aliphatic carbocycles. The summed E-state index contributed by atoms with van der Waals surface area (Å²) in [6.07, 6.45) is 2.01. The van der Waals surface area contributed by atoms with E-state index < -0.39 is 0 Å². The number of rotatable bonds is 8. The topological polar surface area (TPSA) is 33.5 Å². The van der Waals surface area contributed by atoms with Crippen molar-refractivity contribution in [2.75, 3.05) is 16.5 Å². The van der Waals surface area contributed by atoms with E-state index in [1.165, 1.54) is 50.1 Å². The second kappa shape index (κ2) is 16.8. The molecule has 0 unspecified atom stereocenters. The number of nitrogens with zero attached hydrogens (tertiary/aromatic N) is 4. The van der Waals surface area contributed by atoms with Crippen molar-refractivity contribution >= 4 is 44.6 Å². The minimum absolute atomic E-state index is 0.0170. The van der Waals surface area contributed by atoms with Crippen molar-refractivity contribution in [3.8, 4) is 50.7 Å². The van der Waals surface area contributed by atoms with Gasteiger partial charge in [-0.15, -0.1) is 0 Å². The van der Waals surface area contributed by atoms with E-state index in [0.29, 0.717) is 6.67 Å².